The molecule has 1 aliphatic heterocycles. The van der Waals surface area contributed by atoms with Gasteiger partial charge in [0, 0.05) is 0 Å². The van der Waals surface area contributed by atoms with Gasteiger partial charge in [-0.05, 0) is 24.6 Å². The Balaban J connectivity index is 2.54. The van der Waals surface area contributed by atoms with Gasteiger partial charge in [0.1, 0.15) is 0 Å². The molecule has 0 unspecified atom stereocenters. The molecule has 0 amide bonds. The van der Waals surface area contributed by atoms with Gasteiger partial charge in [0.2, 0.25) is 0 Å². The van der Waals surface area contributed by atoms with Crippen molar-refractivity contribution < 1.29 is 22.8 Å². The number of hydrogen-bond acceptors (Lipinski definition) is 4. The van der Waals surface area contributed by atoms with E-state index in [1.54, 1.807) is 12.2 Å². The summed E-state index contributed by atoms with van der Waals surface area (Å²) >= 11 is 0. The van der Waals surface area contributed by atoms with E-state index in [9.17, 15) is 18.0 Å². The average molecular weight is 373 g/mol. The van der Waals surface area contributed by atoms with Gasteiger partial charge in [0.05, 0.1) is 26.0 Å². The van der Waals surface area contributed by atoms with E-state index in [0.29, 0.717) is 12.1 Å². The fraction of sp³-hybridized carbons (Fsp3) is 0.500. The maximum absolute atomic E-state index is 12.7. The smallest absolute Gasteiger partial charge is 0.326 e. The summed E-state index contributed by atoms with van der Waals surface area (Å²) in [6, 6.07) is -0.249. The first-order valence-corrected chi connectivity index (χ1v) is 11.5. The molecule has 9 heteroatoms. The number of allylic oxidation sites excluding steroid dienone is 2. The highest BCUT2D eigenvalue weighted by atomic mass is 28.3. The topological polar surface area (TPSA) is 56.1 Å². The molecular formula is C16H22F3N3O2Si. The van der Waals surface area contributed by atoms with Gasteiger partial charge in [-0.25, -0.2) is 9.78 Å². The molecule has 0 aromatic carbocycles. The number of carbonyl (C=O) groups excluding carboxylic acids is 1. The zero-order chi connectivity index (χ0) is 18.8. The molecule has 1 aliphatic rings. The first kappa shape index (κ1) is 19.5. The van der Waals surface area contributed by atoms with Crippen LogP contribution >= 0.6 is 0 Å². The van der Waals surface area contributed by atoms with Gasteiger partial charge < -0.3 is 10.2 Å². The maximum Gasteiger partial charge on any atom is 0.493 e. The molecule has 1 atom stereocenters. The largest absolute Gasteiger partial charge is 0.493 e. The van der Waals surface area contributed by atoms with Gasteiger partial charge in [0.25, 0.3) is 0 Å². The molecule has 2 heterocycles. The van der Waals surface area contributed by atoms with Crippen LogP contribution in [0.5, 0.6) is 0 Å². The summed E-state index contributed by atoms with van der Waals surface area (Å²) < 4.78 is 39.1. The van der Waals surface area contributed by atoms with Gasteiger partial charge in [-0.15, -0.1) is 0 Å². The standard InChI is InChI=1S/C16H22F3N3O2Si/c1-5-7-13(25(2,3)4)12-10-21-14(11-8-6-9-20-11)22(12)24-15(23)16(17,18)19/h5,7,10-11,20H,1,6,8-9H2,2-4H3/b13-7-/t11-/m0/s1. The molecule has 138 valence electrons. The molecule has 1 saturated heterocycles. The Morgan fingerprint density at radius 3 is 2.64 bits per heavy atom. The van der Waals surface area contributed by atoms with Gasteiger partial charge in [0.15, 0.2) is 5.82 Å². The molecule has 0 spiro atoms. The molecule has 0 bridgehead atoms. The van der Waals surface area contributed by atoms with Crippen LogP contribution in [0.3, 0.4) is 0 Å². The van der Waals surface area contributed by atoms with Gasteiger partial charge >= 0.3 is 12.1 Å². The van der Waals surface area contributed by atoms with Crippen molar-refractivity contribution in [2.75, 3.05) is 6.54 Å². The lowest BCUT2D eigenvalue weighted by Gasteiger charge is -2.23. The molecule has 1 aromatic rings. The summed E-state index contributed by atoms with van der Waals surface area (Å²) in [6.07, 6.45) is 1.30. The maximum atomic E-state index is 12.7. The van der Waals surface area contributed by atoms with Crippen LogP contribution in [0.15, 0.2) is 24.9 Å². The van der Waals surface area contributed by atoms with E-state index < -0.39 is 20.2 Å². The van der Waals surface area contributed by atoms with Crippen molar-refractivity contribution in [3.8, 4) is 0 Å². The minimum absolute atomic E-state index is 0.249. The van der Waals surface area contributed by atoms with Gasteiger partial charge in [-0.3, -0.25) is 0 Å². The highest BCUT2D eigenvalue weighted by molar-refractivity contribution is 6.93. The first-order valence-electron chi connectivity index (χ1n) is 7.99. The summed E-state index contributed by atoms with van der Waals surface area (Å²) in [4.78, 5) is 20.4. The number of carbonyl (C=O) groups is 1. The van der Waals surface area contributed by atoms with Gasteiger partial charge in [-0.2, -0.15) is 17.9 Å². The van der Waals surface area contributed by atoms with E-state index in [1.165, 1.54) is 6.20 Å². The second kappa shape index (κ2) is 7.16. The number of halogens is 3. The van der Waals surface area contributed by atoms with Crippen LogP contribution in [0.1, 0.15) is 30.4 Å². The van der Waals surface area contributed by atoms with E-state index in [4.69, 9.17) is 4.84 Å². The number of alkyl halides is 3. The number of nitrogens with zero attached hydrogens (tertiary/aromatic N) is 2. The number of rotatable bonds is 5. The third-order valence-corrected chi connectivity index (χ3v) is 5.93. The Bertz CT molecular complexity index is 684. The summed E-state index contributed by atoms with van der Waals surface area (Å²) in [6.45, 7) is 10.5. The van der Waals surface area contributed by atoms with Crippen molar-refractivity contribution in [2.45, 2.75) is 44.7 Å². The Hall–Kier alpha value is -1.87. The first-order chi connectivity index (χ1) is 11.6. The Morgan fingerprint density at radius 1 is 1.48 bits per heavy atom. The molecule has 25 heavy (non-hydrogen) atoms. The number of hydrogen-bond donors (Lipinski definition) is 1. The Morgan fingerprint density at radius 2 is 2.16 bits per heavy atom. The molecule has 5 nitrogen and oxygen atoms in total. The van der Waals surface area contributed by atoms with Crippen LogP contribution in [0.2, 0.25) is 19.6 Å². The van der Waals surface area contributed by atoms with Crippen molar-refractivity contribution in [3.05, 3.63) is 36.4 Å². The third-order valence-electron chi connectivity index (χ3n) is 3.89. The quantitative estimate of drug-likeness (QED) is 0.636. The lowest BCUT2D eigenvalue weighted by Crippen LogP contribution is -2.37. The summed E-state index contributed by atoms with van der Waals surface area (Å²) in [5, 5.41) is 3.96. The second-order valence-electron chi connectivity index (χ2n) is 6.89. The molecule has 0 saturated carbocycles. The van der Waals surface area contributed by atoms with Crippen molar-refractivity contribution in [2.24, 2.45) is 0 Å². The Labute approximate surface area is 145 Å². The fourth-order valence-corrected chi connectivity index (χ4v) is 4.29. The lowest BCUT2D eigenvalue weighted by atomic mass is 10.2. The summed E-state index contributed by atoms with van der Waals surface area (Å²) in [7, 11) is -1.97. The lowest BCUT2D eigenvalue weighted by molar-refractivity contribution is -0.200. The molecule has 0 radical (unpaired) electrons. The second-order valence-corrected chi connectivity index (χ2v) is 11.9. The van der Waals surface area contributed by atoms with Crippen LogP contribution in [-0.2, 0) is 4.79 Å². The number of imidazole rings is 1. The summed E-state index contributed by atoms with van der Waals surface area (Å²) in [5.41, 5.74) is 0.361. The molecule has 1 fully saturated rings. The highest BCUT2D eigenvalue weighted by Gasteiger charge is 2.43. The monoisotopic (exact) mass is 373 g/mol. The minimum atomic E-state index is -5.08. The van der Waals surface area contributed by atoms with E-state index in [-0.39, 0.29) is 11.9 Å². The predicted molar refractivity (Wildman–Crippen MR) is 91.4 cm³/mol. The van der Waals surface area contributed by atoms with Gasteiger partial charge in [-0.1, -0.05) is 38.4 Å². The molecular weight excluding hydrogens is 351 g/mol. The van der Waals surface area contributed by atoms with Crippen LogP contribution < -0.4 is 10.2 Å². The van der Waals surface area contributed by atoms with Crippen molar-refractivity contribution in [3.63, 3.8) is 0 Å². The van der Waals surface area contributed by atoms with Crippen LogP contribution in [0, 0.1) is 0 Å². The van der Waals surface area contributed by atoms with Crippen LogP contribution in [0.25, 0.3) is 5.20 Å². The van der Waals surface area contributed by atoms with Crippen molar-refractivity contribution in [1.82, 2.24) is 15.0 Å². The van der Waals surface area contributed by atoms with E-state index in [2.05, 4.69) is 16.9 Å². The van der Waals surface area contributed by atoms with Crippen LogP contribution in [0.4, 0.5) is 13.2 Å². The van der Waals surface area contributed by atoms with E-state index in [1.807, 2.05) is 19.6 Å². The van der Waals surface area contributed by atoms with E-state index in [0.717, 1.165) is 22.9 Å². The molecule has 0 aliphatic carbocycles. The van der Waals surface area contributed by atoms with Crippen molar-refractivity contribution >= 4 is 19.2 Å². The SMILES string of the molecule is C=C/C=C(/c1cnc([C@@H]2CCCN2)n1OC(=O)C(F)(F)F)[Si](C)(C)C. The van der Waals surface area contributed by atoms with E-state index >= 15 is 0 Å². The molecule has 1 N–H and O–H groups in total. The zero-order valence-corrected chi connectivity index (χ0v) is 15.5. The number of aromatic nitrogens is 2. The zero-order valence-electron chi connectivity index (χ0n) is 14.5. The van der Waals surface area contributed by atoms with Crippen molar-refractivity contribution in [1.29, 1.82) is 0 Å². The highest BCUT2D eigenvalue weighted by Crippen LogP contribution is 2.30. The fourth-order valence-electron chi connectivity index (χ4n) is 2.74. The summed E-state index contributed by atoms with van der Waals surface area (Å²) in [5.74, 6) is -1.99. The predicted octanol–water partition coefficient (Wildman–Crippen LogP) is 3.27. The normalized spacial score (nSPS) is 19.1. The molecule has 1 aromatic heterocycles. The number of nitrogens with one attached hydrogen (secondary N) is 1. The third kappa shape index (κ3) is 4.40. The average Bonchev–Trinajstić information content (AvgIpc) is 3.11. The molecule has 2 rings (SSSR count). The van der Waals surface area contributed by atoms with Crippen LogP contribution in [-0.4, -0.2) is 36.5 Å². The minimum Gasteiger partial charge on any atom is -0.326 e. The Kier molecular flexibility index (Phi) is 5.57.